The van der Waals surface area contributed by atoms with Crippen LogP contribution in [0.25, 0.3) is 0 Å². The van der Waals surface area contributed by atoms with Crippen LogP contribution in [-0.4, -0.2) is 19.2 Å². The number of rotatable bonds is 0. The molecule has 1 saturated carbocycles. The van der Waals surface area contributed by atoms with Gasteiger partial charge in [0.05, 0.1) is 6.10 Å². The van der Waals surface area contributed by atoms with Gasteiger partial charge in [-0.05, 0) is 26.1 Å². The summed E-state index contributed by atoms with van der Waals surface area (Å²) in [4.78, 5) is 0. The van der Waals surface area contributed by atoms with E-state index in [1.54, 1.807) is 11.1 Å². The first-order valence-electron chi connectivity index (χ1n) is 6.79. The van der Waals surface area contributed by atoms with Crippen molar-refractivity contribution in [1.82, 2.24) is 5.23 Å². The fourth-order valence-electron chi connectivity index (χ4n) is 5.06. The molecule has 0 aromatic rings. The highest BCUT2D eigenvalue weighted by atomic mass is 16.5. The van der Waals surface area contributed by atoms with Gasteiger partial charge >= 0.3 is 7.05 Å². The van der Waals surface area contributed by atoms with E-state index in [-0.39, 0.29) is 23.3 Å². The first-order valence-corrected chi connectivity index (χ1v) is 6.79. The summed E-state index contributed by atoms with van der Waals surface area (Å²) in [5.41, 5.74) is 3.80. The molecule has 0 amide bonds. The van der Waals surface area contributed by atoms with Crippen molar-refractivity contribution in [2.75, 3.05) is 0 Å². The lowest BCUT2D eigenvalue weighted by atomic mass is 9.61. The molecule has 0 aromatic carbocycles. The van der Waals surface area contributed by atoms with Crippen LogP contribution in [-0.2, 0) is 4.65 Å². The Morgan fingerprint density at radius 1 is 1.06 bits per heavy atom. The highest BCUT2D eigenvalue weighted by Crippen LogP contribution is 2.74. The molecule has 1 N–H and O–H groups in total. The van der Waals surface area contributed by atoms with Crippen LogP contribution in [0.1, 0.15) is 41.5 Å². The molecule has 2 nitrogen and oxygen atoms in total. The maximum absolute atomic E-state index is 6.20. The Labute approximate surface area is 105 Å². The van der Waals surface area contributed by atoms with E-state index in [2.05, 4.69) is 53.6 Å². The van der Waals surface area contributed by atoms with Crippen LogP contribution in [0.4, 0.5) is 0 Å². The van der Waals surface area contributed by atoms with Crippen molar-refractivity contribution in [2.45, 2.75) is 60.5 Å². The van der Waals surface area contributed by atoms with Crippen LogP contribution >= 0.6 is 0 Å². The molecular formula is C14H24BNO. The lowest BCUT2D eigenvalue weighted by Gasteiger charge is -2.43. The zero-order chi connectivity index (χ0) is 12.8. The van der Waals surface area contributed by atoms with Gasteiger partial charge in [-0.3, -0.25) is 0 Å². The molecule has 4 atom stereocenters. The van der Waals surface area contributed by atoms with Crippen molar-refractivity contribution in [2.24, 2.45) is 16.2 Å². The summed E-state index contributed by atoms with van der Waals surface area (Å²) in [5.74, 6) is 0. The largest absolute Gasteiger partial charge is 0.416 e. The van der Waals surface area contributed by atoms with E-state index in [1.165, 1.54) is 0 Å². The maximum atomic E-state index is 6.20. The summed E-state index contributed by atoms with van der Waals surface area (Å²) in [5, 5.41) is 3.66. The lowest BCUT2D eigenvalue weighted by Crippen LogP contribution is -2.47. The van der Waals surface area contributed by atoms with Crippen molar-refractivity contribution in [3.63, 3.8) is 0 Å². The Morgan fingerprint density at radius 2 is 1.59 bits per heavy atom. The smallest absolute Gasteiger partial charge is 0.376 e. The second-order valence-electron chi connectivity index (χ2n) is 7.12. The number of fused-ring (bicyclic) bond motifs is 5. The van der Waals surface area contributed by atoms with E-state index < -0.39 is 0 Å². The fraction of sp³-hybridized carbons (Fsp3) is 0.857. The SMILES string of the molecule is CB1NC2C(O1)C1(C)C(C)=C(C)C2(C)C1(C)C. The molecule has 0 spiro atoms. The average molecular weight is 233 g/mol. The molecule has 4 unspecified atom stereocenters. The fourth-order valence-corrected chi connectivity index (χ4v) is 5.06. The molecule has 0 aromatic heterocycles. The summed E-state index contributed by atoms with van der Waals surface area (Å²) in [6, 6.07) is 0.473. The quantitative estimate of drug-likeness (QED) is 0.513. The molecular weight excluding hydrogens is 209 g/mol. The lowest BCUT2D eigenvalue weighted by molar-refractivity contribution is 0.0507. The Morgan fingerprint density at radius 3 is 2.18 bits per heavy atom. The van der Waals surface area contributed by atoms with Gasteiger partial charge in [0.2, 0.25) is 0 Å². The summed E-state index contributed by atoms with van der Waals surface area (Å²) in [6.45, 7) is 16.4. The molecule has 3 rings (SSSR count). The predicted octanol–water partition coefficient (Wildman–Crippen LogP) is 2.86. The first kappa shape index (κ1) is 11.8. The average Bonchev–Trinajstić information content (AvgIpc) is 2.72. The molecule has 1 saturated heterocycles. The highest BCUT2D eigenvalue weighted by Gasteiger charge is 2.75. The third-order valence-electron chi connectivity index (χ3n) is 6.98. The van der Waals surface area contributed by atoms with Crippen LogP contribution in [0.3, 0.4) is 0 Å². The van der Waals surface area contributed by atoms with Gasteiger partial charge in [0.1, 0.15) is 0 Å². The topological polar surface area (TPSA) is 21.3 Å². The molecule has 3 aliphatic rings. The third kappa shape index (κ3) is 0.889. The minimum absolute atomic E-state index is 0.175. The molecule has 1 aliphatic heterocycles. The molecule has 2 bridgehead atoms. The van der Waals surface area contributed by atoms with Crippen LogP contribution in [0.5, 0.6) is 0 Å². The van der Waals surface area contributed by atoms with E-state index >= 15 is 0 Å². The van der Waals surface area contributed by atoms with Gasteiger partial charge in [0, 0.05) is 16.9 Å². The molecule has 2 fully saturated rings. The second kappa shape index (κ2) is 2.83. The van der Waals surface area contributed by atoms with E-state index in [0.29, 0.717) is 12.1 Å². The zero-order valence-corrected chi connectivity index (χ0v) is 12.1. The van der Waals surface area contributed by atoms with Gasteiger partial charge in [-0.15, -0.1) is 0 Å². The Bertz CT molecular complexity index is 394. The number of nitrogens with one attached hydrogen (secondary N) is 1. The predicted molar refractivity (Wildman–Crippen MR) is 71.8 cm³/mol. The van der Waals surface area contributed by atoms with Crippen molar-refractivity contribution < 1.29 is 4.65 Å². The zero-order valence-electron chi connectivity index (χ0n) is 12.1. The summed E-state index contributed by atoms with van der Waals surface area (Å²) < 4.78 is 6.20. The monoisotopic (exact) mass is 233 g/mol. The first-order chi connectivity index (χ1) is 7.69. The van der Waals surface area contributed by atoms with E-state index in [1.807, 2.05) is 0 Å². The minimum Gasteiger partial charge on any atom is -0.416 e. The van der Waals surface area contributed by atoms with Crippen molar-refractivity contribution >= 4 is 7.05 Å². The van der Waals surface area contributed by atoms with E-state index in [9.17, 15) is 0 Å². The Kier molecular flexibility index (Phi) is 1.96. The standard InChI is InChI=1S/C14H24BNO/c1-8-9(2)14(6)11-10(16-15(7)17-11)13(8,5)12(14,3)4/h10-11,16H,1-7H3. The molecule has 2 aliphatic carbocycles. The molecule has 94 valence electrons. The maximum Gasteiger partial charge on any atom is 0.376 e. The van der Waals surface area contributed by atoms with E-state index in [4.69, 9.17) is 4.65 Å². The highest BCUT2D eigenvalue weighted by molar-refractivity contribution is 6.48. The molecule has 0 radical (unpaired) electrons. The van der Waals surface area contributed by atoms with Crippen LogP contribution in [0.15, 0.2) is 11.1 Å². The minimum atomic E-state index is 0.175. The Balaban J connectivity index is 2.24. The van der Waals surface area contributed by atoms with Gasteiger partial charge in [-0.1, -0.05) is 38.8 Å². The summed E-state index contributed by atoms with van der Waals surface area (Å²) >= 11 is 0. The van der Waals surface area contributed by atoms with Crippen molar-refractivity contribution in [1.29, 1.82) is 0 Å². The van der Waals surface area contributed by atoms with Gasteiger partial charge in [0.25, 0.3) is 0 Å². The van der Waals surface area contributed by atoms with Gasteiger partial charge in [0.15, 0.2) is 0 Å². The molecule has 3 heteroatoms. The summed E-state index contributed by atoms with van der Waals surface area (Å²) in [7, 11) is 0.193. The number of hydrogen-bond donors (Lipinski definition) is 1. The third-order valence-corrected chi connectivity index (χ3v) is 6.98. The van der Waals surface area contributed by atoms with Crippen LogP contribution in [0, 0.1) is 16.2 Å². The van der Waals surface area contributed by atoms with Gasteiger partial charge in [-0.2, -0.15) is 0 Å². The normalized spacial score (nSPS) is 51.4. The Hall–Kier alpha value is -0.275. The van der Waals surface area contributed by atoms with Crippen molar-refractivity contribution in [3.05, 3.63) is 11.1 Å². The van der Waals surface area contributed by atoms with Gasteiger partial charge < -0.3 is 9.88 Å². The van der Waals surface area contributed by atoms with Crippen LogP contribution in [0.2, 0.25) is 6.82 Å². The van der Waals surface area contributed by atoms with Crippen molar-refractivity contribution in [3.8, 4) is 0 Å². The number of hydrogen-bond acceptors (Lipinski definition) is 2. The second-order valence-corrected chi connectivity index (χ2v) is 7.12. The molecule has 17 heavy (non-hydrogen) atoms. The van der Waals surface area contributed by atoms with Gasteiger partial charge in [-0.25, -0.2) is 0 Å². The molecule has 1 heterocycles. The van der Waals surface area contributed by atoms with E-state index in [0.717, 1.165) is 0 Å². The summed E-state index contributed by atoms with van der Waals surface area (Å²) in [6.07, 6.45) is 0.334. The van der Waals surface area contributed by atoms with Crippen LogP contribution < -0.4 is 5.23 Å².